The average Bonchev–Trinajstić information content (AvgIpc) is 2.82. The third-order valence-electron chi connectivity index (χ3n) is 3.03. The third-order valence-corrected chi connectivity index (χ3v) is 3.03. The summed E-state index contributed by atoms with van der Waals surface area (Å²) in [6.45, 7) is 0.753. The summed E-state index contributed by atoms with van der Waals surface area (Å²) in [4.78, 5) is 0. The van der Waals surface area contributed by atoms with Gasteiger partial charge in [-0.25, -0.2) is 0 Å². The molecule has 0 aliphatic heterocycles. The molecule has 0 fully saturated rings. The van der Waals surface area contributed by atoms with Crippen molar-refractivity contribution in [2.24, 2.45) is 0 Å². The maximum Gasteiger partial charge on any atom is 0.142 e. The zero-order valence-corrected chi connectivity index (χ0v) is 10.3. The summed E-state index contributed by atoms with van der Waals surface area (Å²) in [6, 6.07) is 18.7. The summed E-state index contributed by atoms with van der Waals surface area (Å²) < 4.78 is 5.93. The Labute approximate surface area is 106 Å². The Morgan fingerprint density at radius 3 is 2.61 bits per heavy atom. The van der Waals surface area contributed by atoms with Crippen LogP contribution in [0.4, 0.5) is 0 Å². The zero-order valence-electron chi connectivity index (χ0n) is 10.3. The first-order chi connectivity index (χ1) is 8.88. The molecule has 2 heteroatoms. The molecule has 0 bridgehead atoms. The number of hydrogen-bond acceptors (Lipinski definition) is 2. The molecule has 3 aromatic rings. The highest BCUT2D eigenvalue weighted by Gasteiger charge is 2.08. The predicted molar refractivity (Wildman–Crippen MR) is 74.4 cm³/mol. The molecule has 0 aliphatic carbocycles. The molecule has 2 aromatic carbocycles. The Hall–Kier alpha value is -2.06. The van der Waals surface area contributed by atoms with E-state index in [2.05, 4.69) is 41.7 Å². The fraction of sp³-hybridized carbons (Fsp3) is 0.125. The van der Waals surface area contributed by atoms with Crippen molar-refractivity contribution in [1.29, 1.82) is 0 Å². The van der Waals surface area contributed by atoms with Gasteiger partial charge in [-0.05, 0) is 18.7 Å². The topological polar surface area (TPSA) is 25.2 Å². The minimum absolute atomic E-state index is 0.753. The Morgan fingerprint density at radius 1 is 1.00 bits per heavy atom. The maximum atomic E-state index is 5.93. The van der Waals surface area contributed by atoms with Crippen molar-refractivity contribution in [2.45, 2.75) is 6.54 Å². The standard InChI is InChI=1S/C16H15NO/c1-17-11-14-10-13-8-5-9-15(16(13)18-14)12-6-3-2-4-7-12/h2-10,17H,11H2,1H3. The zero-order chi connectivity index (χ0) is 12.4. The monoisotopic (exact) mass is 237 g/mol. The van der Waals surface area contributed by atoms with Crippen molar-refractivity contribution >= 4 is 11.0 Å². The van der Waals surface area contributed by atoms with Gasteiger partial charge in [0.1, 0.15) is 11.3 Å². The number of benzene rings is 2. The number of rotatable bonds is 3. The van der Waals surface area contributed by atoms with E-state index in [4.69, 9.17) is 4.42 Å². The van der Waals surface area contributed by atoms with Gasteiger partial charge >= 0.3 is 0 Å². The fourth-order valence-corrected chi connectivity index (χ4v) is 2.22. The molecule has 0 atom stereocenters. The van der Waals surface area contributed by atoms with Gasteiger partial charge in [-0.15, -0.1) is 0 Å². The van der Waals surface area contributed by atoms with Gasteiger partial charge in [0.25, 0.3) is 0 Å². The van der Waals surface area contributed by atoms with Gasteiger partial charge < -0.3 is 9.73 Å². The Balaban J connectivity index is 2.17. The van der Waals surface area contributed by atoms with E-state index in [1.165, 1.54) is 5.56 Å². The van der Waals surface area contributed by atoms with Gasteiger partial charge in [-0.1, -0.05) is 48.5 Å². The molecule has 3 rings (SSSR count). The summed E-state index contributed by atoms with van der Waals surface area (Å²) in [5.74, 6) is 0.968. The molecule has 0 spiro atoms. The van der Waals surface area contributed by atoms with Crippen LogP contribution >= 0.6 is 0 Å². The van der Waals surface area contributed by atoms with Crippen LogP contribution in [-0.4, -0.2) is 7.05 Å². The van der Waals surface area contributed by atoms with Crippen LogP contribution < -0.4 is 5.32 Å². The lowest BCUT2D eigenvalue weighted by Gasteiger charge is -2.01. The van der Waals surface area contributed by atoms with Gasteiger partial charge in [0.2, 0.25) is 0 Å². The fourth-order valence-electron chi connectivity index (χ4n) is 2.22. The normalized spacial score (nSPS) is 10.9. The van der Waals surface area contributed by atoms with Crippen molar-refractivity contribution < 1.29 is 4.42 Å². The summed E-state index contributed by atoms with van der Waals surface area (Å²) in [6.07, 6.45) is 0. The summed E-state index contributed by atoms with van der Waals surface area (Å²) in [7, 11) is 1.92. The van der Waals surface area contributed by atoms with E-state index in [0.717, 1.165) is 28.8 Å². The molecule has 1 N–H and O–H groups in total. The number of nitrogens with one attached hydrogen (secondary N) is 1. The largest absolute Gasteiger partial charge is 0.459 e. The molecular weight excluding hydrogens is 222 g/mol. The molecule has 90 valence electrons. The molecule has 0 unspecified atom stereocenters. The Morgan fingerprint density at radius 2 is 1.83 bits per heavy atom. The Bertz CT molecular complexity index is 655. The smallest absolute Gasteiger partial charge is 0.142 e. The van der Waals surface area contributed by atoms with Crippen LogP contribution in [0.2, 0.25) is 0 Å². The van der Waals surface area contributed by atoms with Crippen LogP contribution in [0, 0.1) is 0 Å². The van der Waals surface area contributed by atoms with Gasteiger partial charge in [-0.3, -0.25) is 0 Å². The van der Waals surface area contributed by atoms with E-state index in [1.54, 1.807) is 0 Å². The second-order valence-electron chi connectivity index (χ2n) is 4.33. The molecule has 2 nitrogen and oxygen atoms in total. The van der Waals surface area contributed by atoms with Crippen molar-refractivity contribution in [2.75, 3.05) is 7.05 Å². The number of fused-ring (bicyclic) bond motifs is 1. The number of para-hydroxylation sites is 1. The van der Waals surface area contributed by atoms with Crippen molar-refractivity contribution in [3.8, 4) is 11.1 Å². The van der Waals surface area contributed by atoms with Gasteiger partial charge in [0, 0.05) is 10.9 Å². The highest BCUT2D eigenvalue weighted by molar-refractivity contribution is 5.92. The minimum Gasteiger partial charge on any atom is -0.459 e. The van der Waals surface area contributed by atoms with E-state index < -0.39 is 0 Å². The van der Waals surface area contributed by atoms with E-state index >= 15 is 0 Å². The van der Waals surface area contributed by atoms with Gasteiger partial charge in [-0.2, -0.15) is 0 Å². The first-order valence-corrected chi connectivity index (χ1v) is 6.10. The van der Waals surface area contributed by atoms with Crippen LogP contribution in [0.5, 0.6) is 0 Å². The van der Waals surface area contributed by atoms with E-state index in [9.17, 15) is 0 Å². The lowest BCUT2D eigenvalue weighted by molar-refractivity contribution is 0.531. The first kappa shape index (κ1) is 11.1. The number of hydrogen-bond donors (Lipinski definition) is 1. The number of furan rings is 1. The van der Waals surface area contributed by atoms with Crippen LogP contribution in [0.15, 0.2) is 59.0 Å². The highest BCUT2D eigenvalue weighted by Crippen LogP contribution is 2.30. The molecule has 0 saturated heterocycles. The highest BCUT2D eigenvalue weighted by atomic mass is 16.3. The van der Waals surface area contributed by atoms with Crippen LogP contribution in [-0.2, 0) is 6.54 Å². The summed E-state index contributed by atoms with van der Waals surface area (Å²) >= 11 is 0. The second-order valence-corrected chi connectivity index (χ2v) is 4.33. The molecule has 1 aromatic heterocycles. The van der Waals surface area contributed by atoms with Gasteiger partial charge in [0.05, 0.1) is 6.54 Å². The minimum atomic E-state index is 0.753. The lowest BCUT2D eigenvalue weighted by Crippen LogP contribution is -2.03. The average molecular weight is 237 g/mol. The SMILES string of the molecule is CNCc1cc2cccc(-c3ccccc3)c2o1. The van der Waals surface area contributed by atoms with Crippen molar-refractivity contribution in [3.05, 3.63) is 60.4 Å². The van der Waals surface area contributed by atoms with E-state index in [-0.39, 0.29) is 0 Å². The molecule has 18 heavy (non-hydrogen) atoms. The van der Waals surface area contributed by atoms with Gasteiger partial charge in [0.15, 0.2) is 0 Å². The molecule has 0 amide bonds. The second kappa shape index (κ2) is 4.67. The molecule has 0 aliphatic rings. The van der Waals surface area contributed by atoms with Crippen molar-refractivity contribution in [3.63, 3.8) is 0 Å². The van der Waals surface area contributed by atoms with E-state index in [0.29, 0.717) is 0 Å². The van der Waals surface area contributed by atoms with Crippen LogP contribution in [0.25, 0.3) is 22.1 Å². The van der Waals surface area contributed by atoms with Crippen LogP contribution in [0.3, 0.4) is 0 Å². The third kappa shape index (κ3) is 1.91. The molecular formula is C16H15NO. The first-order valence-electron chi connectivity index (χ1n) is 6.10. The molecule has 0 saturated carbocycles. The van der Waals surface area contributed by atoms with Crippen LogP contribution in [0.1, 0.15) is 5.76 Å². The predicted octanol–water partition coefficient (Wildman–Crippen LogP) is 3.82. The van der Waals surface area contributed by atoms with E-state index in [1.807, 2.05) is 25.2 Å². The van der Waals surface area contributed by atoms with Crippen molar-refractivity contribution in [1.82, 2.24) is 5.32 Å². The summed E-state index contributed by atoms with van der Waals surface area (Å²) in [5.41, 5.74) is 3.30. The summed E-state index contributed by atoms with van der Waals surface area (Å²) in [5, 5.41) is 4.26. The molecule has 0 radical (unpaired) electrons. The Kier molecular flexibility index (Phi) is 2.87. The lowest BCUT2D eigenvalue weighted by atomic mass is 10.0. The quantitative estimate of drug-likeness (QED) is 0.749. The molecule has 1 heterocycles. The maximum absolute atomic E-state index is 5.93.